The molecule has 0 fully saturated rings. The fourth-order valence-corrected chi connectivity index (χ4v) is 2.46. The summed E-state index contributed by atoms with van der Waals surface area (Å²) in [5.41, 5.74) is 3.76. The van der Waals surface area contributed by atoms with Gasteiger partial charge < -0.3 is 4.74 Å². The molecule has 0 N–H and O–H groups in total. The van der Waals surface area contributed by atoms with Crippen molar-refractivity contribution < 1.29 is 9.53 Å². The molecule has 0 unspecified atom stereocenters. The van der Waals surface area contributed by atoms with Gasteiger partial charge in [0.05, 0.1) is 5.69 Å². The van der Waals surface area contributed by atoms with Gasteiger partial charge in [0.15, 0.2) is 0 Å². The van der Waals surface area contributed by atoms with Gasteiger partial charge in [0.1, 0.15) is 12.3 Å². The molecule has 126 valence electrons. The van der Waals surface area contributed by atoms with E-state index in [0.717, 1.165) is 16.7 Å². The Morgan fingerprint density at radius 1 is 1.16 bits per heavy atom. The fraction of sp³-hybridized carbons (Fsp3) is 0.150. The topological polar surface area (TPSA) is 60.7 Å². The Kier molecular flexibility index (Phi) is 4.75. The molecule has 0 saturated carbocycles. The van der Waals surface area contributed by atoms with E-state index in [-0.39, 0.29) is 12.2 Å². The molecule has 5 heteroatoms. The van der Waals surface area contributed by atoms with Crippen molar-refractivity contribution in [2.45, 2.75) is 20.5 Å². The Bertz CT molecular complexity index is 1020. The average Bonchev–Trinajstić information content (AvgIpc) is 2.59. The summed E-state index contributed by atoms with van der Waals surface area (Å²) in [5.74, 6) is -0.479. The average molecular weight is 334 g/mol. The first-order valence-corrected chi connectivity index (χ1v) is 7.92. The predicted octanol–water partition coefficient (Wildman–Crippen LogP) is 3.07. The van der Waals surface area contributed by atoms with Crippen molar-refractivity contribution >= 4 is 17.7 Å². The summed E-state index contributed by atoms with van der Waals surface area (Å²) < 4.78 is 6.64. The SMILES string of the molecule is Cc1cccc(/C=C/C(=O)OCc2cc(=O)n3cc(C)ccc3n2)c1. The maximum atomic E-state index is 12.1. The van der Waals surface area contributed by atoms with Crippen molar-refractivity contribution in [2.75, 3.05) is 0 Å². The highest BCUT2D eigenvalue weighted by molar-refractivity contribution is 5.87. The van der Waals surface area contributed by atoms with Crippen LogP contribution in [0.4, 0.5) is 0 Å². The lowest BCUT2D eigenvalue weighted by atomic mass is 10.1. The van der Waals surface area contributed by atoms with Crippen molar-refractivity contribution in [3.8, 4) is 0 Å². The Morgan fingerprint density at radius 2 is 2.00 bits per heavy atom. The lowest BCUT2D eigenvalue weighted by molar-refractivity contribution is -0.139. The molecule has 0 aliphatic heterocycles. The summed E-state index contributed by atoms with van der Waals surface area (Å²) in [6.07, 6.45) is 4.79. The van der Waals surface area contributed by atoms with E-state index in [1.807, 2.05) is 44.2 Å². The van der Waals surface area contributed by atoms with Gasteiger partial charge in [-0.2, -0.15) is 0 Å². The summed E-state index contributed by atoms with van der Waals surface area (Å²) >= 11 is 0. The Labute approximate surface area is 145 Å². The van der Waals surface area contributed by atoms with Crippen molar-refractivity contribution in [3.63, 3.8) is 0 Å². The van der Waals surface area contributed by atoms with Gasteiger partial charge in [-0.05, 0) is 37.1 Å². The molecule has 0 aliphatic rings. The molecule has 0 amide bonds. The van der Waals surface area contributed by atoms with E-state index in [1.54, 1.807) is 18.3 Å². The Hall–Kier alpha value is -3.21. The third-order valence-corrected chi connectivity index (χ3v) is 3.68. The number of ether oxygens (including phenoxy) is 1. The molecule has 1 aromatic carbocycles. The van der Waals surface area contributed by atoms with Gasteiger partial charge >= 0.3 is 5.97 Å². The first kappa shape index (κ1) is 16.6. The second-order valence-electron chi connectivity index (χ2n) is 5.88. The zero-order valence-corrected chi connectivity index (χ0v) is 14.1. The first-order valence-electron chi connectivity index (χ1n) is 7.92. The van der Waals surface area contributed by atoms with Crippen molar-refractivity contribution in [2.24, 2.45) is 0 Å². The molecular formula is C20H18N2O3. The molecule has 0 saturated heterocycles. The van der Waals surface area contributed by atoms with Crippen LogP contribution in [0.5, 0.6) is 0 Å². The number of carbonyl (C=O) groups excluding carboxylic acids is 1. The molecule has 3 aromatic rings. The largest absolute Gasteiger partial charge is 0.456 e. The molecule has 5 nitrogen and oxygen atoms in total. The van der Waals surface area contributed by atoms with Crippen LogP contribution in [0.15, 0.2) is 59.5 Å². The van der Waals surface area contributed by atoms with E-state index in [9.17, 15) is 9.59 Å². The number of hydrogen-bond donors (Lipinski definition) is 0. The highest BCUT2D eigenvalue weighted by atomic mass is 16.5. The molecule has 0 aliphatic carbocycles. The number of esters is 1. The summed E-state index contributed by atoms with van der Waals surface area (Å²) in [4.78, 5) is 28.3. The molecule has 0 radical (unpaired) electrons. The van der Waals surface area contributed by atoms with Crippen LogP contribution in [0.25, 0.3) is 11.7 Å². The van der Waals surface area contributed by atoms with Gasteiger partial charge in [0.25, 0.3) is 5.56 Å². The van der Waals surface area contributed by atoms with Gasteiger partial charge in [-0.15, -0.1) is 0 Å². The van der Waals surface area contributed by atoms with Crippen LogP contribution < -0.4 is 5.56 Å². The van der Waals surface area contributed by atoms with Crippen LogP contribution in [0.1, 0.15) is 22.4 Å². The number of aromatic nitrogens is 2. The van der Waals surface area contributed by atoms with E-state index in [0.29, 0.717) is 11.3 Å². The molecular weight excluding hydrogens is 316 g/mol. The van der Waals surface area contributed by atoms with E-state index < -0.39 is 5.97 Å². The van der Waals surface area contributed by atoms with Gasteiger partial charge in [-0.1, -0.05) is 35.9 Å². The van der Waals surface area contributed by atoms with Gasteiger partial charge in [-0.3, -0.25) is 9.20 Å². The van der Waals surface area contributed by atoms with E-state index in [1.165, 1.54) is 16.5 Å². The molecule has 3 rings (SSSR count). The minimum absolute atomic E-state index is 0.0450. The quantitative estimate of drug-likeness (QED) is 0.543. The van der Waals surface area contributed by atoms with Gasteiger partial charge in [0, 0.05) is 18.3 Å². The van der Waals surface area contributed by atoms with Gasteiger partial charge in [-0.25, -0.2) is 9.78 Å². The van der Waals surface area contributed by atoms with E-state index >= 15 is 0 Å². The minimum atomic E-state index is -0.479. The second-order valence-corrected chi connectivity index (χ2v) is 5.88. The number of benzene rings is 1. The summed E-state index contributed by atoms with van der Waals surface area (Å²) in [6, 6.07) is 12.8. The molecule has 0 atom stereocenters. The van der Waals surface area contributed by atoms with Crippen LogP contribution >= 0.6 is 0 Å². The third kappa shape index (κ3) is 4.20. The molecule has 25 heavy (non-hydrogen) atoms. The second kappa shape index (κ2) is 7.13. The maximum absolute atomic E-state index is 12.1. The smallest absolute Gasteiger partial charge is 0.331 e. The monoisotopic (exact) mass is 334 g/mol. The highest BCUT2D eigenvalue weighted by Crippen LogP contribution is 2.07. The predicted molar refractivity (Wildman–Crippen MR) is 96.2 cm³/mol. The first-order chi connectivity index (χ1) is 12.0. The third-order valence-electron chi connectivity index (χ3n) is 3.68. The summed E-state index contributed by atoms with van der Waals surface area (Å²) in [5, 5.41) is 0. The molecule has 0 bridgehead atoms. The number of carbonyl (C=O) groups is 1. The van der Waals surface area contributed by atoms with Crippen LogP contribution in [-0.2, 0) is 16.1 Å². The zero-order valence-electron chi connectivity index (χ0n) is 14.1. The van der Waals surface area contributed by atoms with Crippen LogP contribution in [0, 0.1) is 13.8 Å². The highest BCUT2D eigenvalue weighted by Gasteiger charge is 2.05. The maximum Gasteiger partial charge on any atom is 0.331 e. The number of aryl methyl sites for hydroxylation is 2. The van der Waals surface area contributed by atoms with Gasteiger partial charge in [0.2, 0.25) is 0 Å². The minimum Gasteiger partial charge on any atom is -0.456 e. The summed E-state index contributed by atoms with van der Waals surface area (Å²) in [6.45, 7) is 3.85. The van der Waals surface area contributed by atoms with Crippen LogP contribution in [0.3, 0.4) is 0 Å². The van der Waals surface area contributed by atoms with Crippen LogP contribution in [0.2, 0.25) is 0 Å². The van der Waals surface area contributed by atoms with Crippen molar-refractivity contribution in [1.82, 2.24) is 9.38 Å². The normalized spacial score (nSPS) is 11.1. The number of nitrogens with zero attached hydrogens (tertiary/aromatic N) is 2. The fourth-order valence-electron chi connectivity index (χ4n) is 2.46. The summed E-state index contributed by atoms with van der Waals surface area (Å²) in [7, 11) is 0. The molecule has 0 spiro atoms. The lowest BCUT2D eigenvalue weighted by Gasteiger charge is -2.05. The number of hydrogen-bond acceptors (Lipinski definition) is 4. The number of fused-ring (bicyclic) bond motifs is 1. The Morgan fingerprint density at radius 3 is 2.80 bits per heavy atom. The standard InChI is InChI=1S/C20H18N2O3/c1-14-4-3-5-16(10-14)7-9-20(24)25-13-17-11-19(23)22-12-15(2)6-8-18(22)21-17/h3-12H,13H2,1-2H3/b9-7+. The number of rotatable bonds is 4. The van der Waals surface area contributed by atoms with Crippen molar-refractivity contribution in [3.05, 3.63) is 87.5 Å². The molecule has 2 heterocycles. The van der Waals surface area contributed by atoms with E-state index in [4.69, 9.17) is 4.74 Å². The van der Waals surface area contributed by atoms with E-state index in [2.05, 4.69) is 4.98 Å². The lowest BCUT2D eigenvalue weighted by Crippen LogP contribution is -2.16. The zero-order chi connectivity index (χ0) is 17.8. The molecule has 2 aromatic heterocycles. The number of pyridine rings is 1. The van der Waals surface area contributed by atoms with Crippen LogP contribution in [-0.4, -0.2) is 15.4 Å². The van der Waals surface area contributed by atoms with Crippen molar-refractivity contribution in [1.29, 1.82) is 0 Å². The Balaban J connectivity index is 1.69.